The Labute approximate surface area is 186 Å². The Kier molecular flexibility index (Phi) is 4.26. The van der Waals surface area contributed by atoms with Crippen molar-refractivity contribution in [2.45, 2.75) is 25.3 Å². The number of thiophene rings is 1. The highest BCUT2D eigenvalue weighted by atomic mass is 35.5. The molecule has 0 bridgehead atoms. The largest absolute Gasteiger partial charge is 0.365 e. The Morgan fingerprint density at radius 1 is 1.13 bits per heavy atom. The fourth-order valence-electron chi connectivity index (χ4n) is 4.22. The summed E-state index contributed by atoms with van der Waals surface area (Å²) in [6, 6.07) is 5.65. The normalized spacial score (nSPS) is 16.7. The zero-order chi connectivity index (χ0) is 20.2. The van der Waals surface area contributed by atoms with E-state index in [9.17, 15) is 0 Å². The van der Waals surface area contributed by atoms with Gasteiger partial charge in [-0.1, -0.05) is 35.3 Å². The lowest BCUT2D eigenvalue weighted by Gasteiger charge is -2.26. The smallest absolute Gasteiger partial charge is 0.183 e. The molecule has 0 aliphatic heterocycles. The van der Waals surface area contributed by atoms with Crippen LogP contribution >= 0.6 is 34.5 Å². The van der Waals surface area contributed by atoms with E-state index in [4.69, 9.17) is 33.2 Å². The average molecular weight is 452 g/mol. The highest BCUT2D eigenvalue weighted by molar-refractivity contribution is 7.19. The van der Waals surface area contributed by atoms with E-state index in [0.29, 0.717) is 34.0 Å². The van der Waals surface area contributed by atoms with Crippen LogP contribution in [-0.4, -0.2) is 19.9 Å². The third-order valence-corrected chi connectivity index (χ3v) is 7.55. The van der Waals surface area contributed by atoms with Crippen LogP contribution in [0.4, 0.5) is 5.82 Å². The first kappa shape index (κ1) is 18.2. The molecular formula is C22H15Cl2N5S. The van der Waals surface area contributed by atoms with E-state index in [1.165, 1.54) is 22.4 Å². The number of hydrogen-bond donors (Lipinski definition) is 1. The van der Waals surface area contributed by atoms with Crippen LogP contribution in [0.15, 0.2) is 42.9 Å². The van der Waals surface area contributed by atoms with Crippen molar-refractivity contribution in [2.24, 2.45) is 0 Å². The molecule has 0 saturated carbocycles. The molecule has 2 aliphatic rings. The first-order valence-corrected chi connectivity index (χ1v) is 11.3. The van der Waals surface area contributed by atoms with Crippen LogP contribution in [0, 0.1) is 0 Å². The summed E-state index contributed by atoms with van der Waals surface area (Å²) in [5.41, 5.74) is 4.46. The molecule has 6 rings (SSSR count). The molecule has 4 aromatic rings. The summed E-state index contributed by atoms with van der Waals surface area (Å²) in [5, 5.41) is 5.70. The summed E-state index contributed by atoms with van der Waals surface area (Å²) in [6.45, 7) is 0.579. The highest BCUT2D eigenvalue weighted by Gasteiger charge is 2.39. The second-order valence-corrected chi connectivity index (χ2v) is 9.24. The number of benzene rings is 1. The molecule has 3 heterocycles. The molecule has 0 fully saturated rings. The molecule has 1 N–H and O–H groups in total. The quantitative estimate of drug-likeness (QED) is 0.391. The van der Waals surface area contributed by atoms with Crippen molar-refractivity contribution in [3.63, 3.8) is 0 Å². The minimum absolute atomic E-state index is 0.544. The summed E-state index contributed by atoms with van der Waals surface area (Å²) < 4.78 is 0. The Hall–Kier alpha value is -2.54. The Morgan fingerprint density at radius 2 is 2.07 bits per heavy atom. The van der Waals surface area contributed by atoms with Crippen LogP contribution in [0.1, 0.15) is 34.8 Å². The van der Waals surface area contributed by atoms with Gasteiger partial charge in [-0.15, -0.1) is 11.3 Å². The zero-order valence-corrected chi connectivity index (χ0v) is 18.0. The van der Waals surface area contributed by atoms with Crippen molar-refractivity contribution in [1.29, 1.82) is 0 Å². The molecule has 30 heavy (non-hydrogen) atoms. The van der Waals surface area contributed by atoms with Gasteiger partial charge in [0, 0.05) is 35.3 Å². The van der Waals surface area contributed by atoms with E-state index in [-0.39, 0.29) is 0 Å². The summed E-state index contributed by atoms with van der Waals surface area (Å²) >= 11 is 14.0. The van der Waals surface area contributed by atoms with E-state index in [0.717, 1.165) is 28.0 Å². The predicted molar refractivity (Wildman–Crippen MR) is 122 cm³/mol. The van der Waals surface area contributed by atoms with E-state index in [1.54, 1.807) is 29.9 Å². The standard InChI is InChI=1S/C22H15Cl2N5S/c23-14-5-4-11(8-15(14)24)9-27-21-18-17-12-2-1-3-13(12)19(17)30-22(18)29-20(28-21)16-10-25-6-7-26-16/h2,4-8,10,13H,1,3,9H2,(H,27,28,29). The lowest BCUT2D eigenvalue weighted by atomic mass is 9.80. The third-order valence-electron chi connectivity index (χ3n) is 5.62. The number of allylic oxidation sites excluding steroid dienone is 2. The maximum Gasteiger partial charge on any atom is 0.183 e. The summed E-state index contributed by atoms with van der Waals surface area (Å²) in [7, 11) is 0. The van der Waals surface area contributed by atoms with Gasteiger partial charge in [-0.2, -0.15) is 0 Å². The summed E-state index contributed by atoms with van der Waals surface area (Å²) in [5.74, 6) is 1.96. The summed E-state index contributed by atoms with van der Waals surface area (Å²) in [4.78, 5) is 20.6. The second kappa shape index (κ2) is 7.01. The van der Waals surface area contributed by atoms with Gasteiger partial charge in [0.1, 0.15) is 16.3 Å². The molecule has 0 spiro atoms. The van der Waals surface area contributed by atoms with Crippen molar-refractivity contribution >= 4 is 56.1 Å². The predicted octanol–water partition coefficient (Wildman–Crippen LogP) is 6.34. The minimum atomic E-state index is 0.544. The first-order valence-electron chi connectivity index (χ1n) is 9.68. The van der Waals surface area contributed by atoms with Gasteiger partial charge < -0.3 is 5.32 Å². The average Bonchev–Trinajstić information content (AvgIpc) is 3.32. The summed E-state index contributed by atoms with van der Waals surface area (Å²) in [6.07, 6.45) is 9.70. The molecule has 2 aliphatic carbocycles. The van der Waals surface area contributed by atoms with Crippen molar-refractivity contribution in [3.05, 3.63) is 68.9 Å². The topological polar surface area (TPSA) is 63.6 Å². The van der Waals surface area contributed by atoms with Crippen molar-refractivity contribution < 1.29 is 0 Å². The molecule has 0 radical (unpaired) electrons. The number of hydrogen-bond acceptors (Lipinski definition) is 6. The first-order chi connectivity index (χ1) is 14.7. The van der Waals surface area contributed by atoms with Gasteiger partial charge in [-0.25, -0.2) is 15.0 Å². The van der Waals surface area contributed by atoms with Gasteiger partial charge in [0.25, 0.3) is 0 Å². The maximum atomic E-state index is 6.19. The van der Waals surface area contributed by atoms with Gasteiger partial charge in [-0.05, 0) is 36.1 Å². The van der Waals surface area contributed by atoms with Gasteiger partial charge in [0.15, 0.2) is 5.82 Å². The number of fused-ring (bicyclic) bond motifs is 6. The zero-order valence-electron chi connectivity index (χ0n) is 15.7. The molecule has 1 aromatic carbocycles. The Balaban J connectivity index is 1.46. The van der Waals surface area contributed by atoms with Crippen molar-refractivity contribution in [1.82, 2.24) is 19.9 Å². The molecular weight excluding hydrogens is 437 g/mol. The lowest BCUT2D eigenvalue weighted by Crippen LogP contribution is -2.10. The second-order valence-electron chi connectivity index (χ2n) is 7.40. The number of rotatable bonds is 4. The van der Waals surface area contributed by atoms with Crippen LogP contribution in [0.5, 0.6) is 0 Å². The maximum absolute atomic E-state index is 6.19. The van der Waals surface area contributed by atoms with E-state index in [1.807, 2.05) is 18.2 Å². The number of aromatic nitrogens is 4. The van der Waals surface area contributed by atoms with Crippen LogP contribution in [0.3, 0.4) is 0 Å². The number of halogens is 2. The molecule has 5 nitrogen and oxygen atoms in total. The van der Waals surface area contributed by atoms with Crippen LogP contribution in [0.25, 0.3) is 27.3 Å². The number of anilines is 1. The van der Waals surface area contributed by atoms with Gasteiger partial charge in [-0.3, -0.25) is 4.98 Å². The molecule has 8 heteroatoms. The molecule has 1 unspecified atom stereocenters. The fourth-order valence-corrected chi connectivity index (χ4v) is 5.89. The Morgan fingerprint density at radius 3 is 2.90 bits per heavy atom. The van der Waals surface area contributed by atoms with E-state index in [2.05, 4.69) is 21.4 Å². The fraction of sp³-hybridized carbons (Fsp3) is 0.182. The van der Waals surface area contributed by atoms with Crippen molar-refractivity contribution in [3.8, 4) is 11.5 Å². The molecule has 148 valence electrons. The van der Waals surface area contributed by atoms with Crippen LogP contribution in [-0.2, 0) is 6.54 Å². The molecule has 0 saturated heterocycles. The van der Waals surface area contributed by atoms with Crippen LogP contribution < -0.4 is 5.32 Å². The van der Waals surface area contributed by atoms with Crippen molar-refractivity contribution in [2.75, 3.05) is 5.32 Å². The minimum Gasteiger partial charge on any atom is -0.365 e. The lowest BCUT2D eigenvalue weighted by molar-refractivity contribution is 0.797. The van der Waals surface area contributed by atoms with Gasteiger partial charge in [0.05, 0.1) is 21.6 Å². The monoisotopic (exact) mass is 451 g/mol. The van der Waals surface area contributed by atoms with Gasteiger partial charge >= 0.3 is 0 Å². The molecule has 1 atom stereocenters. The van der Waals surface area contributed by atoms with Gasteiger partial charge in [0.2, 0.25) is 0 Å². The third kappa shape index (κ3) is 2.82. The van der Waals surface area contributed by atoms with E-state index >= 15 is 0 Å². The highest BCUT2D eigenvalue weighted by Crippen LogP contribution is 2.59. The molecule has 3 aromatic heterocycles. The van der Waals surface area contributed by atoms with Crippen LogP contribution in [0.2, 0.25) is 10.0 Å². The SMILES string of the molecule is Clc1ccc(CNc2nc(-c3cnccn3)nc3sc4c(c23)C2=CCCC24)cc1Cl. The number of nitrogens with one attached hydrogen (secondary N) is 1. The number of nitrogens with zero attached hydrogens (tertiary/aromatic N) is 4. The van der Waals surface area contributed by atoms with E-state index < -0.39 is 0 Å². The Bertz CT molecular complexity index is 1330. The molecule has 0 amide bonds.